The van der Waals surface area contributed by atoms with Gasteiger partial charge in [0.25, 0.3) is 0 Å². The van der Waals surface area contributed by atoms with Gasteiger partial charge in [0.1, 0.15) is 0 Å². The SMILES string of the molecule is CCOC(=O)c1cccc(C(=O)C(F)(F)C(F)(F)C(F)(F)F)c1. The van der Waals surface area contributed by atoms with E-state index in [1.54, 1.807) is 0 Å². The first-order chi connectivity index (χ1) is 10.4. The van der Waals surface area contributed by atoms with Crippen LogP contribution >= 0.6 is 0 Å². The zero-order valence-electron chi connectivity index (χ0n) is 11.4. The maximum atomic E-state index is 13.3. The standard InChI is InChI=1S/C13H9F7O3/c1-2-23-10(22)8-5-3-4-7(6-8)9(21)11(14,15)12(16,17)13(18,19)20/h3-6H,2H2,1H3. The van der Waals surface area contributed by atoms with Gasteiger partial charge >= 0.3 is 24.0 Å². The Labute approximate surface area is 125 Å². The van der Waals surface area contributed by atoms with Crippen molar-refractivity contribution in [3.05, 3.63) is 35.4 Å². The topological polar surface area (TPSA) is 43.4 Å². The molecule has 0 saturated carbocycles. The first kappa shape index (κ1) is 18.9. The Morgan fingerprint density at radius 3 is 2.00 bits per heavy atom. The summed E-state index contributed by atoms with van der Waals surface area (Å²) in [7, 11) is 0. The quantitative estimate of drug-likeness (QED) is 0.462. The van der Waals surface area contributed by atoms with E-state index in [4.69, 9.17) is 0 Å². The molecule has 0 aromatic heterocycles. The van der Waals surface area contributed by atoms with Crippen LogP contribution in [-0.2, 0) is 4.74 Å². The number of carbonyl (C=O) groups excluding carboxylic acids is 2. The third-order valence-corrected chi connectivity index (χ3v) is 2.67. The number of benzene rings is 1. The van der Waals surface area contributed by atoms with Crippen LogP contribution in [-0.4, -0.2) is 36.4 Å². The zero-order chi connectivity index (χ0) is 18.1. The molecule has 3 nitrogen and oxygen atoms in total. The van der Waals surface area contributed by atoms with Gasteiger partial charge in [0.15, 0.2) is 0 Å². The highest BCUT2D eigenvalue weighted by Crippen LogP contribution is 2.47. The van der Waals surface area contributed by atoms with Crippen LogP contribution < -0.4 is 0 Å². The summed E-state index contributed by atoms with van der Waals surface area (Å²) in [6.45, 7) is 1.32. The normalized spacial score (nSPS) is 12.9. The van der Waals surface area contributed by atoms with Gasteiger partial charge in [-0.15, -0.1) is 0 Å². The van der Waals surface area contributed by atoms with Gasteiger partial charge in [-0.05, 0) is 19.1 Å². The molecule has 0 aliphatic rings. The van der Waals surface area contributed by atoms with Crippen LogP contribution in [0.3, 0.4) is 0 Å². The third kappa shape index (κ3) is 3.45. The van der Waals surface area contributed by atoms with Crippen LogP contribution in [0.25, 0.3) is 0 Å². The molecular formula is C13H9F7O3. The van der Waals surface area contributed by atoms with Crippen LogP contribution in [0.4, 0.5) is 30.7 Å². The van der Waals surface area contributed by atoms with Crippen LogP contribution in [0.1, 0.15) is 27.6 Å². The molecule has 1 aromatic carbocycles. The molecule has 0 spiro atoms. The number of alkyl halides is 7. The van der Waals surface area contributed by atoms with E-state index in [0.717, 1.165) is 12.1 Å². The summed E-state index contributed by atoms with van der Waals surface area (Å²) >= 11 is 0. The highest BCUT2D eigenvalue weighted by atomic mass is 19.4. The molecule has 0 bridgehead atoms. The Kier molecular flexibility index (Phi) is 5.07. The van der Waals surface area contributed by atoms with Crippen molar-refractivity contribution in [1.29, 1.82) is 0 Å². The predicted molar refractivity (Wildman–Crippen MR) is 62.7 cm³/mol. The highest BCUT2D eigenvalue weighted by molar-refractivity contribution is 6.04. The van der Waals surface area contributed by atoms with Crippen molar-refractivity contribution in [2.45, 2.75) is 24.9 Å². The second kappa shape index (κ2) is 6.17. The van der Waals surface area contributed by atoms with Gasteiger partial charge < -0.3 is 4.74 Å². The maximum Gasteiger partial charge on any atom is 0.460 e. The summed E-state index contributed by atoms with van der Waals surface area (Å²) < 4.78 is 93.0. The minimum absolute atomic E-state index is 0.0979. The molecule has 0 aliphatic carbocycles. The van der Waals surface area contributed by atoms with Gasteiger partial charge in [-0.3, -0.25) is 4.79 Å². The molecule has 0 atom stereocenters. The van der Waals surface area contributed by atoms with E-state index in [1.165, 1.54) is 6.92 Å². The number of hydrogen-bond acceptors (Lipinski definition) is 3. The lowest BCUT2D eigenvalue weighted by Crippen LogP contribution is -2.56. The summed E-state index contributed by atoms with van der Waals surface area (Å²) in [4.78, 5) is 22.8. The third-order valence-electron chi connectivity index (χ3n) is 2.67. The van der Waals surface area contributed by atoms with Crippen molar-refractivity contribution in [2.75, 3.05) is 6.61 Å². The van der Waals surface area contributed by atoms with Gasteiger partial charge in [0, 0.05) is 5.56 Å². The fourth-order valence-electron chi connectivity index (χ4n) is 1.50. The molecule has 1 rings (SSSR count). The van der Waals surface area contributed by atoms with Crippen molar-refractivity contribution in [3.8, 4) is 0 Å². The van der Waals surface area contributed by atoms with E-state index >= 15 is 0 Å². The molecular weight excluding hydrogens is 337 g/mol. The van der Waals surface area contributed by atoms with E-state index in [9.17, 15) is 40.3 Å². The molecule has 0 heterocycles. The molecule has 128 valence electrons. The van der Waals surface area contributed by atoms with Gasteiger partial charge in [0.2, 0.25) is 5.78 Å². The predicted octanol–water partition coefficient (Wildman–Crippen LogP) is 3.88. The average Bonchev–Trinajstić information content (AvgIpc) is 2.45. The molecule has 0 radical (unpaired) electrons. The van der Waals surface area contributed by atoms with E-state index < -0.39 is 40.9 Å². The Bertz CT molecular complexity index is 608. The summed E-state index contributed by atoms with van der Waals surface area (Å²) in [5.41, 5.74) is -1.62. The van der Waals surface area contributed by atoms with Crippen LogP contribution in [0.2, 0.25) is 0 Å². The van der Waals surface area contributed by atoms with E-state index in [1.807, 2.05) is 0 Å². The molecule has 0 saturated heterocycles. The lowest BCUT2D eigenvalue weighted by atomic mass is 9.98. The van der Waals surface area contributed by atoms with E-state index in [2.05, 4.69) is 4.74 Å². The second-order valence-electron chi connectivity index (χ2n) is 4.28. The van der Waals surface area contributed by atoms with E-state index in [0.29, 0.717) is 12.1 Å². The monoisotopic (exact) mass is 346 g/mol. The first-order valence-electron chi connectivity index (χ1n) is 6.00. The van der Waals surface area contributed by atoms with Crippen molar-refractivity contribution in [3.63, 3.8) is 0 Å². The number of rotatable bonds is 5. The number of halogens is 7. The fourth-order valence-corrected chi connectivity index (χ4v) is 1.50. The minimum Gasteiger partial charge on any atom is -0.462 e. The molecule has 1 aromatic rings. The zero-order valence-corrected chi connectivity index (χ0v) is 11.4. The Balaban J connectivity index is 3.24. The van der Waals surface area contributed by atoms with Crippen molar-refractivity contribution in [2.24, 2.45) is 0 Å². The van der Waals surface area contributed by atoms with Gasteiger partial charge in [-0.1, -0.05) is 12.1 Å². The van der Waals surface area contributed by atoms with Crippen molar-refractivity contribution >= 4 is 11.8 Å². The Morgan fingerprint density at radius 1 is 1.00 bits per heavy atom. The lowest BCUT2D eigenvalue weighted by molar-refractivity contribution is -0.339. The smallest absolute Gasteiger partial charge is 0.460 e. The molecule has 0 aliphatic heterocycles. The van der Waals surface area contributed by atoms with Crippen LogP contribution in [0.15, 0.2) is 24.3 Å². The Morgan fingerprint density at radius 2 is 1.52 bits per heavy atom. The average molecular weight is 346 g/mol. The number of hydrogen-bond donors (Lipinski definition) is 0. The van der Waals surface area contributed by atoms with Crippen LogP contribution in [0.5, 0.6) is 0 Å². The summed E-state index contributed by atoms with van der Waals surface area (Å²) in [6.07, 6.45) is -6.62. The summed E-state index contributed by atoms with van der Waals surface area (Å²) in [5.74, 6) is -16.4. The summed E-state index contributed by atoms with van der Waals surface area (Å²) in [5, 5.41) is 0. The number of ether oxygens (including phenoxy) is 1. The minimum atomic E-state index is -6.62. The van der Waals surface area contributed by atoms with Crippen molar-refractivity contribution in [1.82, 2.24) is 0 Å². The molecule has 0 fully saturated rings. The largest absolute Gasteiger partial charge is 0.462 e. The number of esters is 1. The molecule has 10 heteroatoms. The number of carbonyl (C=O) groups is 2. The summed E-state index contributed by atoms with van der Waals surface area (Å²) in [6, 6.07) is 2.95. The van der Waals surface area contributed by atoms with Gasteiger partial charge in [-0.2, -0.15) is 30.7 Å². The van der Waals surface area contributed by atoms with Crippen LogP contribution in [0, 0.1) is 0 Å². The molecule has 0 unspecified atom stereocenters. The molecule has 0 amide bonds. The first-order valence-corrected chi connectivity index (χ1v) is 6.00. The second-order valence-corrected chi connectivity index (χ2v) is 4.28. The van der Waals surface area contributed by atoms with Gasteiger partial charge in [0.05, 0.1) is 12.2 Å². The highest BCUT2D eigenvalue weighted by Gasteiger charge is 2.76. The van der Waals surface area contributed by atoms with Gasteiger partial charge in [-0.25, -0.2) is 4.79 Å². The Hall–Kier alpha value is -2.13. The fraction of sp³-hybridized carbons (Fsp3) is 0.385. The molecule has 0 N–H and O–H groups in total. The number of Topliss-reactive ketones (excluding diaryl/α,β-unsaturated/α-hetero) is 1. The maximum absolute atomic E-state index is 13.3. The number of ketones is 1. The lowest BCUT2D eigenvalue weighted by Gasteiger charge is -2.27. The van der Waals surface area contributed by atoms with Crippen molar-refractivity contribution < 1.29 is 45.1 Å². The van der Waals surface area contributed by atoms with E-state index in [-0.39, 0.29) is 6.61 Å². The molecule has 23 heavy (non-hydrogen) atoms.